The molecule has 0 saturated heterocycles. The predicted octanol–water partition coefficient (Wildman–Crippen LogP) is 5.31. The number of carbonyl (C=O) groups excluding carboxylic acids is 3. The Kier molecular flexibility index (Phi) is 7.43. The molecule has 0 fully saturated rings. The highest BCUT2D eigenvalue weighted by atomic mass is 32.1. The summed E-state index contributed by atoms with van der Waals surface area (Å²) in [4.78, 5) is 37.4. The number of carbonyl (C=O) groups is 3. The van der Waals surface area contributed by atoms with Gasteiger partial charge in [0.25, 0.3) is 5.91 Å². The van der Waals surface area contributed by atoms with Crippen LogP contribution in [-0.4, -0.2) is 31.1 Å². The van der Waals surface area contributed by atoms with Crippen molar-refractivity contribution in [2.45, 2.75) is 27.7 Å². The van der Waals surface area contributed by atoms with Gasteiger partial charge >= 0.3 is 11.9 Å². The number of thiophene rings is 1. The number of nitrogens with one attached hydrogen (secondary N) is 1. The van der Waals surface area contributed by atoms with Gasteiger partial charge in [0.05, 0.1) is 12.2 Å². The molecule has 1 heterocycles. The van der Waals surface area contributed by atoms with Crippen molar-refractivity contribution in [3.8, 4) is 11.1 Å². The molecule has 6 nitrogen and oxygen atoms in total. The summed E-state index contributed by atoms with van der Waals surface area (Å²) in [6.07, 6.45) is 0. The van der Waals surface area contributed by atoms with Crippen LogP contribution in [0.4, 0.5) is 5.00 Å². The van der Waals surface area contributed by atoms with Gasteiger partial charge in [-0.25, -0.2) is 9.59 Å². The lowest BCUT2D eigenvalue weighted by molar-refractivity contribution is -0.119. The zero-order chi connectivity index (χ0) is 23.3. The smallest absolute Gasteiger partial charge is 0.341 e. The first-order valence-corrected chi connectivity index (χ1v) is 11.1. The zero-order valence-corrected chi connectivity index (χ0v) is 19.3. The van der Waals surface area contributed by atoms with E-state index in [0.717, 1.165) is 22.3 Å². The SMILES string of the molecule is CCOC(=O)c1c(-c2ccc(C)cc2)csc1NC(=O)COC(=O)c1ccc(C)c(C)c1. The Morgan fingerprint density at radius 3 is 2.28 bits per heavy atom. The van der Waals surface area contributed by atoms with Gasteiger partial charge in [0.15, 0.2) is 6.61 Å². The summed E-state index contributed by atoms with van der Waals surface area (Å²) < 4.78 is 10.3. The molecular formula is C25H25NO5S. The molecule has 0 atom stereocenters. The Morgan fingerprint density at radius 2 is 1.62 bits per heavy atom. The van der Waals surface area contributed by atoms with Gasteiger partial charge in [-0.2, -0.15) is 0 Å². The summed E-state index contributed by atoms with van der Waals surface area (Å²) in [7, 11) is 0. The van der Waals surface area contributed by atoms with Gasteiger partial charge in [-0.3, -0.25) is 4.79 Å². The number of aryl methyl sites for hydroxylation is 3. The molecule has 3 aromatic rings. The molecule has 166 valence electrons. The fourth-order valence-electron chi connectivity index (χ4n) is 3.05. The van der Waals surface area contributed by atoms with Crippen LogP contribution in [0.15, 0.2) is 47.8 Å². The minimum atomic E-state index is -0.583. The number of esters is 2. The summed E-state index contributed by atoms with van der Waals surface area (Å²) >= 11 is 1.22. The fourth-order valence-corrected chi connectivity index (χ4v) is 4.02. The second-order valence-corrected chi connectivity index (χ2v) is 8.24. The van der Waals surface area contributed by atoms with Crippen LogP contribution in [0.3, 0.4) is 0 Å². The maximum Gasteiger partial charge on any atom is 0.341 e. The van der Waals surface area contributed by atoms with Crippen molar-refractivity contribution in [1.29, 1.82) is 0 Å². The first kappa shape index (κ1) is 23.2. The largest absolute Gasteiger partial charge is 0.462 e. The molecule has 1 aromatic heterocycles. The van der Waals surface area contributed by atoms with E-state index < -0.39 is 24.5 Å². The number of hydrogen-bond acceptors (Lipinski definition) is 6. The average molecular weight is 452 g/mol. The third kappa shape index (κ3) is 5.42. The average Bonchev–Trinajstić information content (AvgIpc) is 3.18. The van der Waals surface area contributed by atoms with Crippen LogP contribution < -0.4 is 5.32 Å². The Morgan fingerprint density at radius 1 is 0.906 bits per heavy atom. The molecular weight excluding hydrogens is 426 g/mol. The van der Waals surface area contributed by atoms with Crippen molar-refractivity contribution in [2.75, 3.05) is 18.5 Å². The van der Waals surface area contributed by atoms with E-state index in [4.69, 9.17) is 9.47 Å². The number of amides is 1. The molecule has 0 radical (unpaired) electrons. The highest BCUT2D eigenvalue weighted by molar-refractivity contribution is 7.15. The van der Waals surface area contributed by atoms with Crippen LogP contribution in [0.25, 0.3) is 11.1 Å². The Labute approximate surface area is 191 Å². The third-order valence-corrected chi connectivity index (χ3v) is 5.86. The number of benzene rings is 2. The molecule has 2 aromatic carbocycles. The van der Waals surface area contributed by atoms with Gasteiger partial charge in [0.1, 0.15) is 10.6 Å². The summed E-state index contributed by atoms with van der Waals surface area (Å²) in [5, 5.41) is 4.83. The molecule has 0 saturated carbocycles. The quantitative estimate of drug-likeness (QED) is 0.492. The highest BCUT2D eigenvalue weighted by Crippen LogP contribution is 2.36. The molecule has 1 amide bonds. The van der Waals surface area contributed by atoms with Crippen LogP contribution in [-0.2, 0) is 14.3 Å². The van der Waals surface area contributed by atoms with E-state index in [2.05, 4.69) is 5.32 Å². The van der Waals surface area contributed by atoms with Crippen LogP contribution in [0.5, 0.6) is 0 Å². The zero-order valence-electron chi connectivity index (χ0n) is 18.5. The summed E-state index contributed by atoms with van der Waals surface area (Å²) in [5.41, 5.74) is 5.31. The minimum Gasteiger partial charge on any atom is -0.462 e. The summed E-state index contributed by atoms with van der Waals surface area (Å²) in [5.74, 6) is -1.64. The molecule has 0 aliphatic rings. The predicted molar refractivity (Wildman–Crippen MR) is 125 cm³/mol. The van der Waals surface area contributed by atoms with Crippen molar-refractivity contribution in [3.63, 3.8) is 0 Å². The first-order valence-electron chi connectivity index (χ1n) is 10.2. The van der Waals surface area contributed by atoms with Crippen molar-refractivity contribution >= 4 is 34.2 Å². The molecule has 0 bridgehead atoms. The maximum atomic E-state index is 12.6. The Bertz CT molecular complexity index is 1150. The number of rotatable bonds is 7. The van der Waals surface area contributed by atoms with Crippen molar-refractivity contribution in [2.24, 2.45) is 0 Å². The van der Waals surface area contributed by atoms with Crippen LogP contribution >= 0.6 is 11.3 Å². The second kappa shape index (κ2) is 10.2. The van der Waals surface area contributed by atoms with E-state index in [1.165, 1.54) is 11.3 Å². The molecule has 1 N–H and O–H groups in total. The summed E-state index contributed by atoms with van der Waals surface area (Å²) in [6, 6.07) is 12.9. The van der Waals surface area contributed by atoms with Crippen LogP contribution in [0.1, 0.15) is 44.3 Å². The van der Waals surface area contributed by atoms with Gasteiger partial charge in [-0.1, -0.05) is 35.9 Å². The van der Waals surface area contributed by atoms with Crippen LogP contribution in [0.2, 0.25) is 0 Å². The molecule has 32 heavy (non-hydrogen) atoms. The van der Waals surface area contributed by atoms with Crippen LogP contribution in [0, 0.1) is 20.8 Å². The van der Waals surface area contributed by atoms with Crippen molar-refractivity contribution in [3.05, 3.63) is 75.7 Å². The van der Waals surface area contributed by atoms with Crippen molar-refractivity contribution in [1.82, 2.24) is 0 Å². The monoisotopic (exact) mass is 451 g/mol. The van der Waals surface area contributed by atoms with Gasteiger partial charge in [0, 0.05) is 10.9 Å². The first-order chi connectivity index (χ1) is 15.3. The maximum absolute atomic E-state index is 12.6. The van der Waals surface area contributed by atoms with Crippen molar-refractivity contribution < 1.29 is 23.9 Å². The summed E-state index contributed by atoms with van der Waals surface area (Å²) in [6.45, 7) is 7.30. The topological polar surface area (TPSA) is 81.7 Å². The minimum absolute atomic E-state index is 0.211. The van der Waals surface area contributed by atoms with E-state index in [1.54, 1.807) is 24.4 Å². The normalized spacial score (nSPS) is 10.5. The van der Waals surface area contributed by atoms with Gasteiger partial charge in [-0.15, -0.1) is 11.3 Å². The molecule has 0 spiro atoms. The lowest BCUT2D eigenvalue weighted by Crippen LogP contribution is -2.21. The molecule has 0 aliphatic carbocycles. The lowest BCUT2D eigenvalue weighted by Gasteiger charge is -2.10. The molecule has 3 rings (SSSR count). The van der Waals surface area contributed by atoms with E-state index in [0.29, 0.717) is 16.1 Å². The van der Waals surface area contributed by atoms with E-state index in [-0.39, 0.29) is 12.2 Å². The number of ether oxygens (including phenoxy) is 2. The molecule has 0 unspecified atom stereocenters. The van der Waals surface area contributed by atoms with Gasteiger partial charge in [0.2, 0.25) is 0 Å². The standard InChI is InChI=1S/C25H25NO5S/c1-5-30-25(29)22-20(18-9-6-15(2)7-10-18)14-32-23(22)26-21(27)13-31-24(28)19-11-8-16(3)17(4)12-19/h6-12,14H,5,13H2,1-4H3,(H,26,27). The number of hydrogen-bond donors (Lipinski definition) is 1. The molecule has 0 aliphatic heterocycles. The van der Waals surface area contributed by atoms with E-state index in [9.17, 15) is 14.4 Å². The molecule has 7 heteroatoms. The van der Waals surface area contributed by atoms with E-state index in [1.807, 2.05) is 51.1 Å². The Balaban J connectivity index is 1.75. The second-order valence-electron chi connectivity index (χ2n) is 7.36. The Hall–Kier alpha value is -3.45. The van der Waals surface area contributed by atoms with E-state index >= 15 is 0 Å². The third-order valence-electron chi connectivity index (χ3n) is 4.96. The highest BCUT2D eigenvalue weighted by Gasteiger charge is 2.23. The van der Waals surface area contributed by atoms with Gasteiger partial charge in [-0.05, 0) is 56.5 Å². The number of anilines is 1. The lowest BCUT2D eigenvalue weighted by atomic mass is 10.0. The fraction of sp³-hybridized carbons (Fsp3) is 0.240. The van der Waals surface area contributed by atoms with Gasteiger partial charge < -0.3 is 14.8 Å².